The van der Waals surface area contributed by atoms with Gasteiger partial charge in [-0.1, -0.05) is 0 Å². The molecule has 0 fully saturated rings. The van der Waals surface area contributed by atoms with Gasteiger partial charge in [0, 0.05) is 12.6 Å². The Morgan fingerprint density at radius 2 is 2.33 bits per heavy atom. The van der Waals surface area contributed by atoms with Gasteiger partial charge in [-0.25, -0.2) is 4.79 Å². The third-order valence-corrected chi connectivity index (χ3v) is 1.59. The molecule has 0 aromatic carbocycles. The summed E-state index contributed by atoms with van der Waals surface area (Å²) in [5.41, 5.74) is 0.633. The average Bonchev–Trinajstić information content (AvgIpc) is 2.27. The standard InChI is InChI=1S/C7H7N3O2/c1-4-5(3-8)10(2)9-6(4)7(11)12/h1-2H3,(H,11,12). The molecule has 5 heteroatoms. The Bertz CT molecular complexity index is 373. The van der Waals surface area contributed by atoms with Crippen LogP contribution in [0.3, 0.4) is 0 Å². The van der Waals surface area contributed by atoms with Crippen LogP contribution in [0.25, 0.3) is 0 Å². The molecule has 0 spiro atoms. The Kier molecular flexibility index (Phi) is 1.83. The molecule has 5 nitrogen and oxygen atoms in total. The van der Waals surface area contributed by atoms with E-state index in [9.17, 15) is 4.79 Å². The van der Waals surface area contributed by atoms with Gasteiger partial charge in [0.15, 0.2) is 5.69 Å². The van der Waals surface area contributed by atoms with Crippen LogP contribution < -0.4 is 0 Å². The number of aromatic nitrogens is 2. The van der Waals surface area contributed by atoms with E-state index < -0.39 is 5.97 Å². The van der Waals surface area contributed by atoms with Crippen LogP contribution in [0.15, 0.2) is 0 Å². The van der Waals surface area contributed by atoms with Gasteiger partial charge in [-0.15, -0.1) is 0 Å². The van der Waals surface area contributed by atoms with Crippen molar-refractivity contribution in [1.82, 2.24) is 9.78 Å². The minimum atomic E-state index is -1.11. The lowest BCUT2D eigenvalue weighted by Crippen LogP contribution is -2.00. The minimum absolute atomic E-state index is 0.0611. The zero-order chi connectivity index (χ0) is 9.30. The highest BCUT2D eigenvalue weighted by molar-refractivity contribution is 5.87. The predicted molar refractivity (Wildman–Crippen MR) is 39.6 cm³/mol. The molecule has 0 radical (unpaired) electrons. The van der Waals surface area contributed by atoms with E-state index in [1.54, 1.807) is 6.92 Å². The minimum Gasteiger partial charge on any atom is -0.476 e. The van der Waals surface area contributed by atoms with Crippen LogP contribution in [0.5, 0.6) is 0 Å². The number of nitriles is 1. The quantitative estimate of drug-likeness (QED) is 0.649. The lowest BCUT2D eigenvalue weighted by Gasteiger charge is -1.87. The molecule has 1 aromatic heterocycles. The van der Waals surface area contributed by atoms with E-state index >= 15 is 0 Å². The molecule has 1 N–H and O–H groups in total. The van der Waals surface area contributed by atoms with Gasteiger partial charge in [0.25, 0.3) is 0 Å². The zero-order valence-electron chi connectivity index (χ0n) is 6.70. The molecule has 12 heavy (non-hydrogen) atoms. The molecule has 0 aliphatic rings. The molecule has 0 saturated carbocycles. The first-order valence-corrected chi connectivity index (χ1v) is 3.25. The van der Waals surface area contributed by atoms with Crippen molar-refractivity contribution in [3.05, 3.63) is 17.0 Å². The first-order valence-electron chi connectivity index (χ1n) is 3.25. The Hall–Kier alpha value is -1.83. The molecule has 0 atom stereocenters. The number of aryl methyl sites for hydroxylation is 1. The summed E-state index contributed by atoms with van der Waals surface area (Å²) in [6.45, 7) is 1.56. The summed E-state index contributed by atoms with van der Waals surface area (Å²) in [4.78, 5) is 10.5. The van der Waals surface area contributed by atoms with Crippen molar-refractivity contribution in [3.8, 4) is 6.07 Å². The smallest absolute Gasteiger partial charge is 0.356 e. The van der Waals surface area contributed by atoms with Gasteiger partial charge in [-0.05, 0) is 6.92 Å². The van der Waals surface area contributed by atoms with Crippen molar-refractivity contribution in [1.29, 1.82) is 5.26 Å². The predicted octanol–water partition coefficient (Wildman–Crippen LogP) is 0.298. The molecule has 0 bridgehead atoms. The third-order valence-electron chi connectivity index (χ3n) is 1.59. The van der Waals surface area contributed by atoms with Gasteiger partial charge in [-0.3, -0.25) is 4.68 Å². The first-order chi connectivity index (χ1) is 5.57. The Morgan fingerprint density at radius 3 is 2.58 bits per heavy atom. The second-order valence-corrected chi connectivity index (χ2v) is 2.36. The van der Waals surface area contributed by atoms with Gasteiger partial charge in [0.05, 0.1) is 0 Å². The largest absolute Gasteiger partial charge is 0.476 e. The summed E-state index contributed by atoms with van der Waals surface area (Å²) >= 11 is 0. The van der Waals surface area contributed by atoms with Crippen molar-refractivity contribution in [2.45, 2.75) is 6.92 Å². The number of aromatic carboxylic acids is 1. The van der Waals surface area contributed by atoms with E-state index in [0.717, 1.165) is 0 Å². The molecule has 0 amide bonds. The summed E-state index contributed by atoms with van der Waals surface area (Å²) in [7, 11) is 1.54. The molecule has 1 rings (SSSR count). The summed E-state index contributed by atoms with van der Waals surface area (Å²) in [5.74, 6) is -1.11. The average molecular weight is 165 g/mol. The normalized spacial score (nSPS) is 9.42. The lowest BCUT2D eigenvalue weighted by atomic mass is 10.2. The number of carbonyl (C=O) groups is 1. The van der Waals surface area contributed by atoms with Gasteiger partial charge in [0.1, 0.15) is 11.8 Å². The van der Waals surface area contributed by atoms with Crippen molar-refractivity contribution >= 4 is 5.97 Å². The van der Waals surface area contributed by atoms with Crippen molar-refractivity contribution in [3.63, 3.8) is 0 Å². The first kappa shape index (κ1) is 8.27. The fourth-order valence-electron chi connectivity index (χ4n) is 0.989. The number of carboxylic acids is 1. The Morgan fingerprint density at radius 1 is 1.75 bits per heavy atom. The molecule has 1 aromatic rings. The highest BCUT2D eigenvalue weighted by Crippen LogP contribution is 2.10. The van der Waals surface area contributed by atoms with Gasteiger partial charge < -0.3 is 5.11 Å². The maximum Gasteiger partial charge on any atom is 0.356 e. The lowest BCUT2D eigenvalue weighted by molar-refractivity contribution is 0.0689. The van der Waals surface area contributed by atoms with Crippen LogP contribution in [0.1, 0.15) is 21.7 Å². The van der Waals surface area contributed by atoms with E-state index in [-0.39, 0.29) is 11.4 Å². The van der Waals surface area contributed by atoms with Crippen LogP contribution in [0.4, 0.5) is 0 Å². The SMILES string of the molecule is Cc1c(C(=O)O)nn(C)c1C#N. The molecular weight excluding hydrogens is 158 g/mol. The van der Waals surface area contributed by atoms with Gasteiger partial charge in [-0.2, -0.15) is 10.4 Å². The molecule has 0 aliphatic carbocycles. The number of hydrogen-bond donors (Lipinski definition) is 1. The highest BCUT2D eigenvalue weighted by atomic mass is 16.4. The summed E-state index contributed by atoms with van der Waals surface area (Å²) in [6, 6.07) is 1.88. The fourth-order valence-corrected chi connectivity index (χ4v) is 0.989. The maximum atomic E-state index is 10.5. The molecule has 62 valence electrons. The van der Waals surface area contributed by atoms with E-state index in [0.29, 0.717) is 5.56 Å². The third kappa shape index (κ3) is 1.03. The molecule has 0 unspecified atom stereocenters. The Labute approximate surface area is 68.8 Å². The monoisotopic (exact) mass is 165 g/mol. The van der Waals surface area contributed by atoms with Crippen LogP contribution in [-0.2, 0) is 7.05 Å². The second-order valence-electron chi connectivity index (χ2n) is 2.36. The molecule has 1 heterocycles. The highest BCUT2D eigenvalue weighted by Gasteiger charge is 2.16. The molecule has 0 aliphatic heterocycles. The fraction of sp³-hybridized carbons (Fsp3) is 0.286. The van der Waals surface area contributed by atoms with Crippen LogP contribution in [-0.4, -0.2) is 20.9 Å². The van der Waals surface area contributed by atoms with Crippen molar-refractivity contribution in [2.24, 2.45) is 7.05 Å². The molecular formula is C7H7N3O2. The van der Waals surface area contributed by atoms with Crippen LogP contribution in [0, 0.1) is 18.3 Å². The number of nitrogens with zero attached hydrogens (tertiary/aromatic N) is 3. The van der Waals surface area contributed by atoms with Gasteiger partial charge >= 0.3 is 5.97 Å². The zero-order valence-corrected chi connectivity index (χ0v) is 6.70. The summed E-state index contributed by atoms with van der Waals surface area (Å²) < 4.78 is 1.26. The number of rotatable bonds is 1. The van der Waals surface area contributed by atoms with Gasteiger partial charge in [0.2, 0.25) is 0 Å². The topological polar surface area (TPSA) is 78.9 Å². The van der Waals surface area contributed by atoms with Crippen molar-refractivity contribution in [2.75, 3.05) is 0 Å². The maximum absolute atomic E-state index is 10.5. The van der Waals surface area contributed by atoms with Crippen LogP contribution in [0.2, 0.25) is 0 Å². The second kappa shape index (κ2) is 2.66. The summed E-state index contributed by atoms with van der Waals surface area (Å²) in [6.07, 6.45) is 0. The van der Waals surface area contributed by atoms with E-state index in [1.807, 2.05) is 6.07 Å². The van der Waals surface area contributed by atoms with E-state index in [1.165, 1.54) is 11.7 Å². The molecule has 0 saturated heterocycles. The van der Waals surface area contributed by atoms with E-state index in [2.05, 4.69) is 5.10 Å². The van der Waals surface area contributed by atoms with Crippen LogP contribution >= 0.6 is 0 Å². The van der Waals surface area contributed by atoms with Crippen molar-refractivity contribution < 1.29 is 9.90 Å². The number of carboxylic acid groups (broad SMARTS) is 1. The Balaban J connectivity index is 3.39. The number of hydrogen-bond acceptors (Lipinski definition) is 3. The van der Waals surface area contributed by atoms with E-state index in [4.69, 9.17) is 10.4 Å². The summed E-state index contributed by atoms with van der Waals surface area (Å²) in [5, 5.41) is 20.9.